The van der Waals surface area contributed by atoms with E-state index >= 15 is 0 Å². The molecule has 24 heavy (non-hydrogen) atoms. The summed E-state index contributed by atoms with van der Waals surface area (Å²) in [6, 6.07) is 0.427. The molecule has 0 amide bonds. The predicted molar refractivity (Wildman–Crippen MR) is 97.1 cm³/mol. The van der Waals surface area contributed by atoms with Crippen molar-refractivity contribution < 1.29 is 9.84 Å². The lowest BCUT2D eigenvalue weighted by Gasteiger charge is -2.55. The normalized spacial score (nSPS) is 34.3. The van der Waals surface area contributed by atoms with Crippen molar-refractivity contribution in [3.05, 3.63) is 0 Å². The molecule has 2 aliphatic carbocycles. The van der Waals surface area contributed by atoms with E-state index in [0.29, 0.717) is 18.1 Å². The second-order valence-corrected chi connectivity index (χ2v) is 8.65. The average Bonchev–Trinajstić information content (AvgIpc) is 3.03. The van der Waals surface area contributed by atoms with E-state index < -0.39 is 0 Å². The van der Waals surface area contributed by atoms with Gasteiger partial charge in [-0.3, -0.25) is 4.99 Å². The van der Waals surface area contributed by atoms with E-state index in [9.17, 15) is 5.11 Å². The van der Waals surface area contributed by atoms with Crippen LogP contribution in [-0.2, 0) is 4.74 Å². The third-order valence-corrected chi connectivity index (χ3v) is 6.80. The van der Waals surface area contributed by atoms with Gasteiger partial charge in [-0.1, -0.05) is 33.1 Å². The zero-order chi connectivity index (χ0) is 17.2. The van der Waals surface area contributed by atoms with Crippen molar-refractivity contribution in [2.24, 2.45) is 21.7 Å². The van der Waals surface area contributed by atoms with E-state index in [1.165, 1.54) is 32.1 Å². The van der Waals surface area contributed by atoms with Gasteiger partial charge in [0.2, 0.25) is 0 Å². The summed E-state index contributed by atoms with van der Waals surface area (Å²) in [5.74, 6) is 1.51. The highest BCUT2D eigenvalue weighted by molar-refractivity contribution is 5.80. The number of nitrogens with zero attached hydrogens (tertiary/aromatic N) is 1. The first-order valence-electron chi connectivity index (χ1n) is 9.72. The Hall–Kier alpha value is -0.810. The molecular formula is C19H35N3O2. The van der Waals surface area contributed by atoms with Crippen molar-refractivity contribution >= 4 is 5.96 Å². The van der Waals surface area contributed by atoms with Gasteiger partial charge in [-0.15, -0.1) is 0 Å². The van der Waals surface area contributed by atoms with E-state index in [1.807, 2.05) is 7.05 Å². The molecule has 1 aliphatic heterocycles. The molecular weight excluding hydrogens is 302 g/mol. The lowest BCUT2D eigenvalue weighted by molar-refractivity contribution is -0.106. The van der Waals surface area contributed by atoms with Crippen LogP contribution in [0, 0.1) is 16.7 Å². The number of hydrogen-bond donors (Lipinski definition) is 3. The van der Waals surface area contributed by atoms with E-state index in [0.717, 1.165) is 32.0 Å². The molecule has 3 N–H and O–H groups in total. The molecule has 0 bridgehead atoms. The van der Waals surface area contributed by atoms with Gasteiger partial charge < -0.3 is 20.5 Å². The number of hydrogen-bond acceptors (Lipinski definition) is 3. The zero-order valence-electron chi connectivity index (χ0n) is 15.6. The molecule has 138 valence electrons. The topological polar surface area (TPSA) is 65.9 Å². The van der Waals surface area contributed by atoms with E-state index in [1.54, 1.807) is 0 Å². The monoisotopic (exact) mass is 337 g/mol. The van der Waals surface area contributed by atoms with Crippen LogP contribution in [0.25, 0.3) is 0 Å². The van der Waals surface area contributed by atoms with Crippen LogP contribution in [0.4, 0.5) is 0 Å². The number of nitrogens with one attached hydrogen (secondary N) is 2. The highest BCUT2D eigenvalue weighted by Gasteiger charge is 2.59. The Labute approximate surface area is 146 Å². The Kier molecular flexibility index (Phi) is 5.40. The standard InChI is InChI=1S/C19H35N3O2/c1-18(2)15(14-7-12-24-16(14)18)22-17(20-3)21-13-19(10-11-23)8-5-4-6-9-19/h14-16,23H,4-13H2,1-3H3,(H2,20,21,22). The number of aliphatic hydroxyl groups excluding tert-OH is 1. The van der Waals surface area contributed by atoms with Crippen LogP contribution in [0.5, 0.6) is 0 Å². The molecule has 3 rings (SSSR count). The van der Waals surface area contributed by atoms with Gasteiger partial charge in [0.05, 0.1) is 6.10 Å². The smallest absolute Gasteiger partial charge is 0.191 e. The Morgan fingerprint density at radius 2 is 2.00 bits per heavy atom. The average molecular weight is 338 g/mol. The molecule has 1 heterocycles. The minimum Gasteiger partial charge on any atom is -0.396 e. The van der Waals surface area contributed by atoms with Crippen LogP contribution >= 0.6 is 0 Å². The maximum absolute atomic E-state index is 9.48. The van der Waals surface area contributed by atoms with Crippen molar-refractivity contribution in [1.29, 1.82) is 0 Å². The van der Waals surface area contributed by atoms with Crippen LogP contribution in [0.2, 0.25) is 0 Å². The number of fused-ring (bicyclic) bond motifs is 1. The molecule has 3 aliphatic rings. The van der Waals surface area contributed by atoms with Gasteiger partial charge in [0.25, 0.3) is 0 Å². The molecule has 3 unspecified atom stereocenters. The highest BCUT2D eigenvalue weighted by Crippen LogP contribution is 2.52. The van der Waals surface area contributed by atoms with E-state index in [-0.39, 0.29) is 17.4 Å². The fourth-order valence-corrected chi connectivity index (χ4v) is 5.28. The number of rotatable bonds is 5. The zero-order valence-corrected chi connectivity index (χ0v) is 15.6. The summed E-state index contributed by atoms with van der Waals surface area (Å²) in [5.41, 5.74) is 0.394. The fraction of sp³-hybridized carbons (Fsp3) is 0.947. The van der Waals surface area contributed by atoms with Gasteiger partial charge in [-0.2, -0.15) is 0 Å². The van der Waals surface area contributed by atoms with Gasteiger partial charge in [-0.25, -0.2) is 0 Å². The predicted octanol–water partition coefficient (Wildman–Crippen LogP) is 2.30. The molecule has 0 aromatic heterocycles. The maximum Gasteiger partial charge on any atom is 0.191 e. The lowest BCUT2D eigenvalue weighted by atomic mass is 9.57. The summed E-state index contributed by atoms with van der Waals surface area (Å²) in [7, 11) is 1.85. The van der Waals surface area contributed by atoms with Crippen LogP contribution in [0.3, 0.4) is 0 Å². The first-order valence-corrected chi connectivity index (χ1v) is 9.72. The van der Waals surface area contributed by atoms with E-state index in [4.69, 9.17) is 4.74 Å². The van der Waals surface area contributed by atoms with Gasteiger partial charge in [0.1, 0.15) is 0 Å². The van der Waals surface area contributed by atoms with Crippen LogP contribution in [0.1, 0.15) is 58.8 Å². The third kappa shape index (κ3) is 3.30. The quantitative estimate of drug-likeness (QED) is 0.532. The van der Waals surface area contributed by atoms with Gasteiger partial charge in [-0.05, 0) is 31.1 Å². The Morgan fingerprint density at radius 3 is 2.67 bits per heavy atom. The van der Waals surface area contributed by atoms with Gasteiger partial charge in [0, 0.05) is 44.2 Å². The second kappa shape index (κ2) is 7.20. The molecule has 5 heteroatoms. The summed E-state index contributed by atoms with van der Waals surface area (Å²) >= 11 is 0. The number of aliphatic hydroxyl groups is 1. The van der Waals surface area contributed by atoms with Crippen LogP contribution in [0.15, 0.2) is 4.99 Å². The Balaban J connectivity index is 1.57. The number of aliphatic imine (C=N–C) groups is 1. The third-order valence-electron chi connectivity index (χ3n) is 6.80. The maximum atomic E-state index is 9.48. The largest absolute Gasteiger partial charge is 0.396 e. The molecule has 0 aromatic carbocycles. The van der Waals surface area contributed by atoms with Crippen molar-refractivity contribution in [1.82, 2.24) is 10.6 Å². The minimum absolute atomic E-state index is 0.159. The molecule has 1 saturated heterocycles. The lowest BCUT2D eigenvalue weighted by Crippen LogP contribution is -2.68. The molecule has 0 radical (unpaired) electrons. The molecule has 5 nitrogen and oxygen atoms in total. The molecule has 3 atom stereocenters. The van der Waals surface area contributed by atoms with Crippen LogP contribution < -0.4 is 10.6 Å². The van der Waals surface area contributed by atoms with Crippen molar-refractivity contribution in [3.63, 3.8) is 0 Å². The summed E-state index contributed by atoms with van der Waals surface area (Å²) < 4.78 is 5.89. The molecule has 2 saturated carbocycles. The molecule has 0 spiro atoms. The van der Waals surface area contributed by atoms with Crippen molar-refractivity contribution in [2.45, 2.75) is 70.9 Å². The summed E-state index contributed by atoms with van der Waals surface area (Å²) in [5, 5.41) is 16.7. The van der Waals surface area contributed by atoms with Crippen LogP contribution in [-0.4, -0.2) is 50.0 Å². The van der Waals surface area contributed by atoms with Gasteiger partial charge >= 0.3 is 0 Å². The first kappa shape index (κ1) is 18.0. The minimum atomic E-state index is 0.159. The Morgan fingerprint density at radius 1 is 1.25 bits per heavy atom. The SMILES string of the molecule is CN=C(NCC1(CCO)CCCCC1)NC1C2CCOC2C1(C)C. The summed E-state index contributed by atoms with van der Waals surface area (Å²) in [6.45, 7) is 6.66. The Bertz CT molecular complexity index is 452. The summed E-state index contributed by atoms with van der Waals surface area (Å²) in [6.07, 6.45) is 8.76. The fourth-order valence-electron chi connectivity index (χ4n) is 5.28. The molecule has 3 fully saturated rings. The first-order chi connectivity index (χ1) is 11.5. The highest BCUT2D eigenvalue weighted by atomic mass is 16.5. The van der Waals surface area contributed by atoms with Crippen molar-refractivity contribution in [3.8, 4) is 0 Å². The second-order valence-electron chi connectivity index (χ2n) is 8.65. The van der Waals surface area contributed by atoms with E-state index in [2.05, 4.69) is 29.5 Å². The van der Waals surface area contributed by atoms with Crippen molar-refractivity contribution in [2.75, 3.05) is 26.8 Å². The number of ether oxygens (including phenoxy) is 1. The number of guanidine groups is 1. The summed E-state index contributed by atoms with van der Waals surface area (Å²) in [4.78, 5) is 4.46. The van der Waals surface area contributed by atoms with Gasteiger partial charge in [0.15, 0.2) is 5.96 Å². The molecule has 0 aromatic rings.